The van der Waals surface area contributed by atoms with Crippen LogP contribution in [0.25, 0.3) is 0 Å². The van der Waals surface area contributed by atoms with E-state index in [1.54, 1.807) is 0 Å². The normalized spacial score (nSPS) is 37.8. The molecule has 0 N–H and O–H groups in total. The molecule has 0 saturated heterocycles. The molecule has 0 heterocycles. The standard InChI is InChI=1S/C7H11Cl/c1-6-4-2-3-5-7(6)8/h2-3,6-7H,4-5H2,1H3/t6-,7?/m0/s1. The molecule has 0 nitrogen and oxygen atoms in total. The first-order valence-electron chi connectivity index (χ1n) is 3.10. The molecule has 8 heavy (non-hydrogen) atoms. The summed E-state index contributed by atoms with van der Waals surface area (Å²) in [4.78, 5) is 0. The predicted molar refractivity (Wildman–Crippen MR) is 37.2 cm³/mol. The van der Waals surface area contributed by atoms with E-state index in [2.05, 4.69) is 19.1 Å². The van der Waals surface area contributed by atoms with E-state index in [9.17, 15) is 0 Å². The highest BCUT2D eigenvalue weighted by atomic mass is 35.5. The van der Waals surface area contributed by atoms with Crippen molar-refractivity contribution in [2.45, 2.75) is 25.1 Å². The fourth-order valence-electron chi connectivity index (χ4n) is 0.917. The molecule has 0 fully saturated rings. The largest absolute Gasteiger partial charge is 0.122 e. The summed E-state index contributed by atoms with van der Waals surface area (Å²) in [6.45, 7) is 2.20. The van der Waals surface area contributed by atoms with Crippen LogP contribution in [0.4, 0.5) is 0 Å². The van der Waals surface area contributed by atoms with E-state index in [1.807, 2.05) is 0 Å². The van der Waals surface area contributed by atoms with Crippen LogP contribution in [0.2, 0.25) is 0 Å². The Morgan fingerprint density at radius 1 is 1.38 bits per heavy atom. The predicted octanol–water partition coefficient (Wildman–Crippen LogP) is 2.58. The highest BCUT2D eigenvalue weighted by Crippen LogP contribution is 2.22. The van der Waals surface area contributed by atoms with Crippen LogP contribution in [0.3, 0.4) is 0 Å². The fraction of sp³-hybridized carbons (Fsp3) is 0.714. The maximum atomic E-state index is 5.92. The van der Waals surface area contributed by atoms with Crippen LogP contribution in [0.15, 0.2) is 12.2 Å². The summed E-state index contributed by atoms with van der Waals surface area (Å²) in [5, 5.41) is 0.389. The van der Waals surface area contributed by atoms with Gasteiger partial charge in [0.15, 0.2) is 0 Å². The molecule has 1 aliphatic carbocycles. The zero-order valence-electron chi connectivity index (χ0n) is 5.10. The molecular weight excluding hydrogens is 120 g/mol. The SMILES string of the molecule is C[C@H]1CC=CCC1Cl. The molecule has 1 heteroatoms. The molecule has 0 amide bonds. The summed E-state index contributed by atoms with van der Waals surface area (Å²) in [5.41, 5.74) is 0. The maximum absolute atomic E-state index is 5.92. The summed E-state index contributed by atoms with van der Waals surface area (Å²) >= 11 is 5.92. The average Bonchev–Trinajstić information content (AvgIpc) is 1.77. The van der Waals surface area contributed by atoms with Crippen LogP contribution in [-0.4, -0.2) is 5.38 Å². The van der Waals surface area contributed by atoms with Crippen molar-refractivity contribution in [3.05, 3.63) is 12.2 Å². The first-order chi connectivity index (χ1) is 3.80. The first kappa shape index (κ1) is 6.15. The summed E-state index contributed by atoms with van der Waals surface area (Å²) < 4.78 is 0. The molecule has 1 unspecified atom stereocenters. The molecule has 1 rings (SSSR count). The zero-order valence-corrected chi connectivity index (χ0v) is 5.86. The highest BCUT2D eigenvalue weighted by Gasteiger charge is 2.13. The topological polar surface area (TPSA) is 0 Å². The molecule has 0 bridgehead atoms. The number of hydrogen-bond donors (Lipinski definition) is 0. The minimum atomic E-state index is 0.389. The fourth-order valence-corrected chi connectivity index (χ4v) is 1.12. The Hall–Kier alpha value is 0.0300. The van der Waals surface area contributed by atoms with Gasteiger partial charge in [-0.3, -0.25) is 0 Å². The lowest BCUT2D eigenvalue weighted by Crippen LogP contribution is -2.12. The Morgan fingerprint density at radius 2 is 2.00 bits per heavy atom. The molecule has 0 aromatic carbocycles. The second-order valence-corrected chi connectivity index (χ2v) is 3.00. The van der Waals surface area contributed by atoms with E-state index < -0.39 is 0 Å². The molecule has 0 spiro atoms. The van der Waals surface area contributed by atoms with Gasteiger partial charge < -0.3 is 0 Å². The average molecular weight is 131 g/mol. The van der Waals surface area contributed by atoms with Crippen molar-refractivity contribution in [1.82, 2.24) is 0 Å². The lowest BCUT2D eigenvalue weighted by molar-refractivity contribution is 0.536. The third-order valence-electron chi connectivity index (χ3n) is 1.65. The maximum Gasteiger partial charge on any atom is 0.0399 e. The second kappa shape index (κ2) is 2.54. The lowest BCUT2D eigenvalue weighted by atomic mass is 9.96. The van der Waals surface area contributed by atoms with Crippen molar-refractivity contribution >= 4 is 11.6 Å². The van der Waals surface area contributed by atoms with Crippen LogP contribution in [0.5, 0.6) is 0 Å². The molecule has 0 aliphatic heterocycles. The molecule has 0 aromatic heterocycles. The van der Waals surface area contributed by atoms with Gasteiger partial charge in [-0.2, -0.15) is 0 Å². The van der Waals surface area contributed by atoms with Crippen molar-refractivity contribution in [3.63, 3.8) is 0 Å². The Morgan fingerprint density at radius 3 is 2.38 bits per heavy atom. The molecule has 2 atom stereocenters. The van der Waals surface area contributed by atoms with Crippen molar-refractivity contribution in [2.24, 2.45) is 5.92 Å². The lowest BCUT2D eigenvalue weighted by Gasteiger charge is -2.17. The van der Waals surface area contributed by atoms with E-state index in [-0.39, 0.29) is 0 Å². The Bertz CT molecular complexity index is 84.6. The number of hydrogen-bond acceptors (Lipinski definition) is 0. The van der Waals surface area contributed by atoms with Gasteiger partial charge in [0.1, 0.15) is 0 Å². The van der Waals surface area contributed by atoms with Crippen LogP contribution in [-0.2, 0) is 0 Å². The highest BCUT2D eigenvalue weighted by molar-refractivity contribution is 6.20. The van der Waals surface area contributed by atoms with Gasteiger partial charge in [0.05, 0.1) is 0 Å². The molecule has 0 radical (unpaired) electrons. The van der Waals surface area contributed by atoms with Crippen LogP contribution >= 0.6 is 11.6 Å². The smallest absolute Gasteiger partial charge is 0.0399 e. The van der Waals surface area contributed by atoms with E-state index in [0.29, 0.717) is 11.3 Å². The first-order valence-corrected chi connectivity index (χ1v) is 3.53. The van der Waals surface area contributed by atoms with Gasteiger partial charge in [0, 0.05) is 5.38 Å². The summed E-state index contributed by atoms with van der Waals surface area (Å²) in [7, 11) is 0. The van der Waals surface area contributed by atoms with E-state index in [1.165, 1.54) is 0 Å². The van der Waals surface area contributed by atoms with Gasteiger partial charge in [-0.25, -0.2) is 0 Å². The van der Waals surface area contributed by atoms with Gasteiger partial charge >= 0.3 is 0 Å². The molecule has 46 valence electrons. The minimum absolute atomic E-state index is 0.389. The second-order valence-electron chi connectivity index (χ2n) is 2.44. The van der Waals surface area contributed by atoms with Crippen molar-refractivity contribution in [3.8, 4) is 0 Å². The summed E-state index contributed by atoms with van der Waals surface area (Å²) in [6, 6.07) is 0. The van der Waals surface area contributed by atoms with E-state index in [4.69, 9.17) is 11.6 Å². The van der Waals surface area contributed by atoms with Gasteiger partial charge in [0.2, 0.25) is 0 Å². The Balaban J connectivity index is 2.44. The van der Waals surface area contributed by atoms with Gasteiger partial charge in [-0.15, -0.1) is 11.6 Å². The molecule has 1 aliphatic rings. The van der Waals surface area contributed by atoms with Gasteiger partial charge in [-0.05, 0) is 18.8 Å². The number of halogens is 1. The summed E-state index contributed by atoms with van der Waals surface area (Å²) in [5.74, 6) is 0.682. The number of alkyl halides is 1. The zero-order chi connectivity index (χ0) is 5.98. The minimum Gasteiger partial charge on any atom is -0.122 e. The van der Waals surface area contributed by atoms with Crippen molar-refractivity contribution in [2.75, 3.05) is 0 Å². The van der Waals surface area contributed by atoms with Crippen molar-refractivity contribution in [1.29, 1.82) is 0 Å². The monoisotopic (exact) mass is 130 g/mol. The third kappa shape index (κ3) is 1.25. The Kier molecular flexibility index (Phi) is 1.95. The van der Waals surface area contributed by atoms with Crippen LogP contribution < -0.4 is 0 Å². The Labute approximate surface area is 55.5 Å². The van der Waals surface area contributed by atoms with Gasteiger partial charge in [-0.1, -0.05) is 19.1 Å². The van der Waals surface area contributed by atoms with E-state index >= 15 is 0 Å². The number of allylic oxidation sites excluding steroid dienone is 2. The molecular formula is C7H11Cl. The van der Waals surface area contributed by atoms with Crippen LogP contribution in [0.1, 0.15) is 19.8 Å². The van der Waals surface area contributed by atoms with Gasteiger partial charge in [0.25, 0.3) is 0 Å². The third-order valence-corrected chi connectivity index (χ3v) is 2.26. The molecule has 0 aromatic rings. The molecule has 0 saturated carbocycles. The van der Waals surface area contributed by atoms with Crippen molar-refractivity contribution < 1.29 is 0 Å². The van der Waals surface area contributed by atoms with Crippen LogP contribution in [0, 0.1) is 5.92 Å². The quantitative estimate of drug-likeness (QED) is 0.349. The van der Waals surface area contributed by atoms with E-state index in [0.717, 1.165) is 12.8 Å². The number of rotatable bonds is 0. The summed E-state index contributed by atoms with van der Waals surface area (Å²) in [6.07, 6.45) is 6.60.